The van der Waals surface area contributed by atoms with Crippen molar-refractivity contribution in [1.29, 1.82) is 0 Å². The maximum atomic E-state index is 3.54. The molecular formula is C14H21N. The van der Waals surface area contributed by atoms with Gasteiger partial charge in [-0.05, 0) is 37.3 Å². The fraction of sp³-hybridized carbons (Fsp3) is 0.571. The summed E-state index contributed by atoms with van der Waals surface area (Å²) >= 11 is 0. The minimum Gasteiger partial charge on any atom is -0.314 e. The molecule has 1 aromatic carbocycles. The van der Waals surface area contributed by atoms with Crippen LogP contribution >= 0.6 is 0 Å². The van der Waals surface area contributed by atoms with Crippen molar-refractivity contribution in [2.75, 3.05) is 6.54 Å². The van der Waals surface area contributed by atoms with E-state index in [1.54, 1.807) is 0 Å². The first kappa shape index (κ1) is 10.7. The molecule has 3 atom stereocenters. The Morgan fingerprint density at radius 1 is 1.27 bits per heavy atom. The highest BCUT2D eigenvalue weighted by molar-refractivity contribution is 5.27. The Bertz CT molecular complexity index is 315. The van der Waals surface area contributed by atoms with Gasteiger partial charge in [-0.15, -0.1) is 0 Å². The number of benzene rings is 1. The lowest BCUT2D eigenvalue weighted by Gasteiger charge is -2.43. The van der Waals surface area contributed by atoms with Gasteiger partial charge in [0.15, 0.2) is 0 Å². The van der Waals surface area contributed by atoms with Gasteiger partial charge in [-0.2, -0.15) is 0 Å². The van der Waals surface area contributed by atoms with Gasteiger partial charge in [-0.25, -0.2) is 0 Å². The van der Waals surface area contributed by atoms with Gasteiger partial charge < -0.3 is 5.32 Å². The van der Waals surface area contributed by atoms with Crippen molar-refractivity contribution >= 4 is 0 Å². The van der Waals surface area contributed by atoms with E-state index in [0.29, 0.717) is 0 Å². The summed E-state index contributed by atoms with van der Waals surface area (Å²) in [5.74, 6) is 1.56. The van der Waals surface area contributed by atoms with E-state index in [-0.39, 0.29) is 0 Å². The second kappa shape index (κ2) is 4.36. The van der Waals surface area contributed by atoms with Gasteiger partial charge in [-0.3, -0.25) is 0 Å². The summed E-state index contributed by atoms with van der Waals surface area (Å²) in [4.78, 5) is 0. The molecule has 0 radical (unpaired) electrons. The van der Waals surface area contributed by atoms with E-state index in [4.69, 9.17) is 0 Å². The molecule has 0 saturated heterocycles. The summed E-state index contributed by atoms with van der Waals surface area (Å²) in [6.07, 6.45) is 1.30. The third kappa shape index (κ3) is 2.07. The van der Waals surface area contributed by atoms with Crippen molar-refractivity contribution in [3.05, 3.63) is 35.4 Å². The lowest BCUT2D eigenvalue weighted by atomic mass is 9.67. The summed E-state index contributed by atoms with van der Waals surface area (Å²) in [6.45, 7) is 7.79. The largest absolute Gasteiger partial charge is 0.314 e. The van der Waals surface area contributed by atoms with Crippen molar-refractivity contribution in [1.82, 2.24) is 5.32 Å². The Balaban J connectivity index is 2.00. The molecule has 0 amide bonds. The second-order valence-electron chi connectivity index (χ2n) is 4.78. The first-order valence-corrected chi connectivity index (χ1v) is 6.02. The van der Waals surface area contributed by atoms with Gasteiger partial charge in [0.25, 0.3) is 0 Å². The van der Waals surface area contributed by atoms with E-state index < -0.39 is 0 Å². The number of rotatable bonds is 3. The summed E-state index contributed by atoms with van der Waals surface area (Å²) in [6, 6.07) is 9.77. The summed E-state index contributed by atoms with van der Waals surface area (Å²) in [5.41, 5.74) is 2.87. The van der Waals surface area contributed by atoms with Crippen molar-refractivity contribution in [2.45, 2.75) is 39.2 Å². The van der Waals surface area contributed by atoms with Crippen LogP contribution in [0.5, 0.6) is 0 Å². The molecule has 0 heterocycles. The van der Waals surface area contributed by atoms with Crippen molar-refractivity contribution in [3.63, 3.8) is 0 Å². The average molecular weight is 203 g/mol. The van der Waals surface area contributed by atoms with Gasteiger partial charge in [0, 0.05) is 6.04 Å². The molecule has 1 nitrogen and oxygen atoms in total. The Morgan fingerprint density at radius 2 is 1.93 bits per heavy atom. The van der Waals surface area contributed by atoms with Crippen LogP contribution < -0.4 is 5.32 Å². The molecule has 1 aliphatic rings. The summed E-state index contributed by atoms with van der Waals surface area (Å²) in [7, 11) is 0. The van der Waals surface area contributed by atoms with E-state index in [1.165, 1.54) is 17.5 Å². The molecule has 1 aliphatic carbocycles. The van der Waals surface area contributed by atoms with E-state index >= 15 is 0 Å². The zero-order chi connectivity index (χ0) is 10.8. The third-order valence-electron chi connectivity index (χ3n) is 3.75. The number of nitrogens with one attached hydrogen (secondary N) is 1. The molecule has 2 rings (SSSR count). The molecule has 0 aromatic heterocycles. The zero-order valence-electron chi connectivity index (χ0n) is 9.96. The normalized spacial score (nSPS) is 29.9. The Labute approximate surface area is 92.9 Å². The maximum Gasteiger partial charge on any atom is 0.0104 e. The lowest BCUT2D eigenvalue weighted by Crippen LogP contribution is -2.47. The van der Waals surface area contributed by atoms with Gasteiger partial charge in [0.1, 0.15) is 0 Å². The highest BCUT2D eigenvalue weighted by atomic mass is 14.9. The van der Waals surface area contributed by atoms with E-state index in [9.17, 15) is 0 Å². The quantitative estimate of drug-likeness (QED) is 0.796. The van der Waals surface area contributed by atoms with Crippen LogP contribution in [0.15, 0.2) is 24.3 Å². The molecule has 15 heavy (non-hydrogen) atoms. The number of aryl methyl sites for hydroxylation is 1. The molecular weight excluding hydrogens is 182 g/mol. The highest BCUT2D eigenvalue weighted by Gasteiger charge is 2.37. The topological polar surface area (TPSA) is 12.0 Å². The second-order valence-corrected chi connectivity index (χ2v) is 4.78. The molecule has 82 valence electrons. The van der Waals surface area contributed by atoms with Gasteiger partial charge in [-0.1, -0.05) is 43.7 Å². The summed E-state index contributed by atoms with van der Waals surface area (Å²) in [5, 5.41) is 3.54. The van der Waals surface area contributed by atoms with Crippen LogP contribution in [0.4, 0.5) is 0 Å². The third-order valence-corrected chi connectivity index (χ3v) is 3.75. The molecule has 3 unspecified atom stereocenters. The Kier molecular flexibility index (Phi) is 3.11. The highest BCUT2D eigenvalue weighted by Crippen LogP contribution is 2.42. The van der Waals surface area contributed by atoms with Crippen molar-refractivity contribution < 1.29 is 0 Å². The number of hydrogen-bond acceptors (Lipinski definition) is 1. The fourth-order valence-electron chi connectivity index (χ4n) is 2.57. The molecule has 0 aliphatic heterocycles. The monoisotopic (exact) mass is 203 g/mol. The zero-order valence-corrected chi connectivity index (χ0v) is 9.96. The predicted octanol–water partition coefficient (Wildman–Crippen LogP) is 3.10. The first-order valence-electron chi connectivity index (χ1n) is 6.02. The smallest absolute Gasteiger partial charge is 0.0104 e. The predicted molar refractivity (Wildman–Crippen MR) is 65.2 cm³/mol. The van der Waals surface area contributed by atoms with Crippen LogP contribution in [0.1, 0.15) is 37.3 Å². The molecule has 1 N–H and O–H groups in total. The maximum absolute atomic E-state index is 3.54. The first-order chi connectivity index (χ1) is 7.22. The Morgan fingerprint density at radius 3 is 2.47 bits per heavy atom. The lowest BCUT2D eigenvalue weighted by molar-refractivity contribution is 0.187. The van der Waals surface area contributed by atoms with Crippen LogP contribution in [0.2, 0.25) is 0 Å². The molecule has 0 bridgehead atoms. The Hall–Kier alpha value is -0.820. The van der Waals surface area contributed by atoms with Crippen LogP contribution in [-0.2, 0) is 0 Å². The molecule has 1 aromatic rings. The van der Waals surface area contributed by atoms with Crippen molar-refractivity contribution in [3.8, 4) is 0 Å². The molecule has 1 heteroatoms. The fourth-order valence-corrected chi connectivity index (χ4v) is 2.57. The van der Waals surface area contributed by atoms with Crippen LogP contribution in [0.3, 0.4) is 0 Å². The van der Waals surface area contributed by atoms with Crippen LogP contribution in [0.25, 0.3) is 0 Å². The minimum absolute atomic E-state index is 0.737. The van der Waals surface area contributed by atoms with E-state index in [2.05, 4.69) is 50.4 Å². The van der Waals surface area contributed by atoms with Crippen LogP contribution in [-0.4, -0.2) is 12.6 Å². The van der Waals surface area contributed by atoms with Gasteiger partial charge in [0.05, 0.1) is 0 Å². The molecule has 1 fully saturated rings. The molecule has 0 spiro atoms. The molecule has 1 saturated carbocycles. The SMILES string of the molecule is CCNC1CC(c2ccc(C)cc2)C1C. The summed E-state index contributed by atoms with van der Waals surface area (Å²) < 4.78 is 0. The van der Waals surface area contributed by atoms with Crippen LogP contribution in [0, 0.1) is 12.8 Å². The average Bonchev–Trinajstić information content (AvgIpc) is 2.25. The van der Waals surface area contributed by atoms with E-state index in [0.717, 1.165) is 24.4 Å². The standard InChI is InChI=1S/C14H21N/c1-4-15-14-9-13(11(14)3)12-7-5-10(2)6-8-12/h5-8,11,13-15H,4,9H2,1-3H3. The van der Waals surface area contributed by atoms with E-state index in [1.807, 2.05) is 0 Å². The minimum atomic E-state index is 0.737. The number of hydrogen-bond donors (Lipinski definition) is 1. The van der Waals surface area contributed by atoms with Gasteiger partial charge in [0.2, 0.25) is 0 Å². The van der Waals surface area contributed by atoms with Crippen molar-refractivity contribution in [2.24, 2.45) is 5.92 Å². The van der Waals surface area contributed by atoms with Gasteiger partial charge >= 0.3 is 0 Å².